The molecule has 114 valence electrons. The molecule has 2 aliphatic heterocycles. The third-order valence-electron chi connectivity index (χ3n) is 3.91. The maximum Gasteiger partial charge on any atom is 0.325 e. The minimum atomic E-state index is -0.331. The van der Waals surface area contributed by atoms with Gasteiger partial charge in [-0.05, 0) is 23.8 Å². The van der Waals surface area contributed by atoms with Crippen LogP contribution in [0.25, 0.3) is 0 Å². The lowest BCUT2D eigenvalue weighted by molar-refractivity contribution is -0.153. The van der Waals surface area contributed by atoms with Crippen molar-refractivity contribution in [1.82, 2.24) is 4.90 Å². The third-order valence-corrected chi connectivity index (χ3v) is 4.41. The van der Waals surface area contributed by atoms with E-state index in [4.69, 9.17) is 14.2 Å². The highest BCUT2D eigenvalue weighted by molar-refractivity contribution is 9.10. The number of hydrogen-bond donors (Lipinski definition) is 0. The molecule has 0 amide bonds. The molecule has 2 aliphatic rings. The highest BCUT2D eigenvalue weighted by atomic mass is 79.9. The number of esters is 1. The van der Waals surface area contributed by atoms with Crippen molar-refractivity contribution in [1.29, 1.82) is 0 Å². The predicted molar refractivity (Wildman–Crippen MR) is 80.5 cm³/mol. The van der Waals surface area contributed by atoms with Gasteiger partial charge in [-0.2, -0.15) is 0 Å². The summed E-state index contributed by atoms with van der Waals surface area (Å²) in [6, 6.07) is 5.72. The Bertz CT molecular complexity index is 536. The lowest BCUT2D eigenvalue weighted by atomic mass is 10.1. The maximum atomic E-state index is 11.8. The first-order chi connectivity index (χ1) is 10.2. The second-order valence-corrected chi connectivity index (χ2v) is 6.22. The molecule has 0 aliphatic carbocycles. The van der Waals surface area contributed by atoms with Crippen LogP contribution in [0.4, 0.5) is 0 Å². The largest absolute Gasteiger partial charge is 0.488 e. The zero-order chi connectivity index (χ0) is 14.8. The van der Waals surface area contributed by atoms with E-state index in [1.807, 2.05) is 12.1 Å². The minimum absolute atomic E-state index is 0.0690. The van der Waals surface area contributed by atoms with E-state index in [9.17, 15) is 4.79 Å². The summed E-state index contributed by atoms with van der Waals surface area (Å²) in [6.45, 7) is 2.45. The van der Waals surface area contributed by atoms with Crippen molar-refractivity contribution < 1.29 is 19.0 Å². The Morgan fingerprint density at radius 1 is 1.52 bits per heavy atom. The van der Waals surface area contributed by atoms with Gasteiger partial charge in [-0.1, -0.05) is 15.9 Å². The second-order valence-electron chi connectivity index (χ2n) is 5.30. The van der Waals surface area contributed by atoms with Gasteiger partial charge >= 0.3 is 5.97 Å². The number of carbonyl (C=O) groups excluding carboxylic acids is 1. The Morgan fingerprint density at radius 3 is 3.19 bits per heavy atom. The number of methoxy groups -OCH3 is 1. The summed E-state index contributed by atoms with van der Waals surface area (Å²) in [4.78, 5) is 13.9. The summed E-state index contributed by atoms with van der Waals surface area (Å²) in [7, 11) is 1.41. The number of hydrogen-bond acceptors (Lipinski definition) is 5. The van der Waals surface area contributed by atoms with Gasteiger partial charge in [0, 0.05) is 24.0 Å². The Kier molecular flexibility index (Phi) is 4.47. The number of fused-ring (bicyclic) bond motifs is 1. The molecule has 0 bridgehead atoms. The van der Waals surface area contributed by atoms with Crippen LogP contribution >= 0.6 is 15.9 Å². The van der Waals surface area contributed by atoms with Crippen LogP contribution in [-0.2, 0) is 20.7 Å². The molecule has 1 aromatic carbocycles. The van der Waals surface area contributed by atoms with Crippen LogP contribution in [0.5, 0.6) is 5.75 Å². The first-order valence-electron chi connectivity index (χ1n) is 7.02. The van der Waals surface area contributed by atoms with Crippen molar-refractivity contribution in [2.24, 2.45) is 0 Å². The SMILES string of the molecule is COC(=O)C1COCCN1CC1Cc2cc(Br)ccc2O1. The van der Waals surface area contributed by atoms with E-state index < -0.39 is 0 Å². The molecule has 0 radical (unpaired) electrons. The van der Waals surface area contributed by atoms with E-state index in [1.165, 1.54) is 12.7 Å². The molecule has 2 unspecified atom stereocenters. The summed E-state index contributed by atoms with van der Waals surface area (Å²) in [5, 5.41) is 0. The quantitative estimate of drug-likeness (QED) is 0.771. The van der Waals surface area contributed by atoms with E-state index >= 15 is 0 Å². The molecular formula is C15H18BrNO4. The van der Waals surface area contributed by atoms with Crippen molar-refractivity contribution in [3.63, 3.8) is 0 Å². The number of benzene rings is 1. The van der Waals surface area contributed by atoms with Gasteiger partial charge < -0.3 is 14.2 Å². The molecule has 2 heterocycles. The van der Waals surface area contributed by atoms with E-state index in [-0.39, 0.29) is 18.1 Å². The van der Waals surface area contributed by atoms with Crippen molar-refractivity contribution in [3.05, 3.63) is 28.2 Å². The average Bonchev–Trinajstić information content (AvgIpc) is 2.88. The van der Waals surface area contributed by atoms with Crippen LogP contribution in [0.1, 0.15) is 5.56 Å². The summed E-state index contributed by atoms with van der Waals surface area (Å²) < 4.78 is 17.3. The number of carbonyl (C=O) groups is 1. The number of morpholine rings is 1. The average molecular weight is 356 g/mol. The Morgan fingerprint density at radius 2 is 2.38 bits per heavy atom. The number of ether oxygens (including phenoxy) is 3. The monoisotopic (exact) mass is 355 g/mol. The number of halogens is 1. The van der Waals surface area contributed by atoms with Crippen LogP contribution in [0.2, 0.25) is 0 Å². The molecule has 0 saturated carbocycles. The minimum Gasteiger partial charge on any atom is -0.488 e. The van der Waals surface area contributed by atoms with Crippen LogP contribution in [0.3, 0.4) is 0 Å². The second kappa shape index (κ2) is 6.34. The smallest absolute Gasteiger partial charge is 0.325 e. The highest BCUT2D eigenvalue weighted by Gasteiger charge is 2.34. The van der Waals surface area contributed by atoms with E-state index in [0.29, 0.717) is 19.8 Å². The lowest BCUT2D eigenvalue weighted by Gasteiger charge is -2.34. The molecule has 1 fully saturated rings. The molecule has 1 aromatic rings. The summed E-state index contributed by atoms with van der Waals surface area (Å²) in [5.74, 6) is 0.694. The van der Waals surface area contributed by atoms with Crippen molar-refractivity contribution >= 4 is 21.9 Å². The fraction of sp³-hybridized carbons (Fsp3) is 0.533. The standard InChI is InChI=1S/C15H18BrNO4/c1-19-15(18)13-9-20-5-4-17(13)8-12-7-10-6-11(16)2-3-14(10)21-12/h2-3,6,12-13H,4-5,7-9H2,1H3. The number of rotatable bonds is 3. The van der Waals surface area contributed by atoms with Gasteiger partial charge in [-0.25, -0.2) is 0 Å². The summed E-state index contributed by atoms with van der Waals surface area (Å²) in [5.41, 5.74) is 1.21. The fourth-order valence-electron chi connectivity index (χ4n) is 2.86. The van der Waals surface area contributed by atoms with E-state index in [2.05, 4.69) is 26.9 Å². The van der Waals surface area contributed by atoms with Gasteiger partial charge in [-0.15, -0.1) is 0 Å². The van der Waals surface area contributed by atoms with E-state index in [0.717, 1.165) is 23.2 Å². The molecule has 21 heavy (non-hydrogen) atoms. The summed E-state index contributed by atoms with van der Waals surface area (Å²) >= 11 is 3.48. The van der Waals surface area contributed by atoms with Gasteiger partial charge in [0.15, 0.2) is 0 Å². The first kappa shape index (κ1) is 14.8. The van der Waals surface area contributed by atoms with Gasteiger partial charge in [0.25, 0.3) is 0 Å². The normalized spacial score (nSPS) is 25.2. The summed E-state index contributed by atoms with van der Waals surface area (Å²) in [6.07, 6.45) is 0.930. The Balaban J connectivity index is 1.65. The van der Waals surface area contributed by atoms with E-state index in [1.54, 1.807) is 0 Å². The van der Waals surface area contributed by atoms with Crippen LogP contribution < -0.4 is 4.74 Å². The molecule has 0 spiro atoms. The molecule has 5 nitrogen and oxygen atoms in total. The first-order valence-corrected chi connectivity index (χ1v) is 7.81. The molecule has 3 rings (SSSR count). The molecule has 0 aromatic heterocycles. The van der Waals surface area contributed by atoms with Crippen molar-refractivity contribution in [2.45, 2.75) is 18.6 Å². The zero-order valence-electron chi connectivity index (χ0n) is 11.9. The van der Waals surface area contributed by atoms with Crippen molar-refractivity contribution in [2.75, 3.05) is 33.4 Å². The molecule has 2 atom stereocenters. The lowest BCUT2D eigenvalue weighted by Crippen LogP contribution is -2.53. The van der Waals surface area contributed by atoms with Gasteiger partial charge in [0.05, 0.1) is 20.3 Å². The van der Waals surface area contributed by atoms with Crippen LogP contribution in [-0.4, -0.2) is 56.4 Å². The van der Waals surface area contributed by atoms with Crippen LogP contribution in [0.15, 0.2) is 22.7 Å². The molecular weight excluding hydrogens is 338 g/mol. The molecule has 1 saturated heterocycles. The third kappa shape index (κ3) is 3.22. The predicted octanol–water partition coefficient (Wildman–Crippen LogP) is 1.63. The molecule has 0 N–H and O–H groups in total. The topological polar surface area (TPSA) is 48.0 Å². The zero-order valence-corrected chi connectivity index (χ0v) is 13.5. The number of nitrogens with zero attached hydrogens (tertiary/aromatic N) is 1. The molecule has 6 heteroatoms. The highest BCUT2D eigenvalue weighted by Crippen LogP contribution is 2.31. The maximum absolute atomic E-state index is 11.8. The van der Waals surface area contributed by atoms with Crippen LogP contribution in [0, 0.1) is 0 Å². The van der Waals surface area contributed by atoms with Crippen molar-refractivity contribution in [3.8, 4) is 5.75 Å². The van der Waals surface area contributed by atoms with Gasteiger partial charge in [0.2, 0.25) is 0 Å². The fourth-order valence-corrected chi connectivity index (χ4v) is 3.27. The Hall–Kier alpha value is -1.11. The van der Waals surface area contributed by atoms with Gasteiger partial charge in [0.1, 0.15) is 17.9 Å². The van der Waals surface area contributed by atoms with Gasteiger partial charge in [-0.3, -0.25) is 9.69 Å². The Labute approximate surface area is 132 Å².